The molecule has 0 radical (unpaired) electrons. The first kappa shape index (κ1) is 28.2. The van der Waals surface area contributed by atoms with Gasteiger partial charge in [-0.15, -0.1) is 10.2 Å². The SMILES string of the molecule is [C-]#[N+]c1c(C)c(N=Nc2ccccc2S(=O)(=O)NCC(CC)CCCC)c(=O)n(CCCC)c1O. The van der Waals surface area contributed by atoms with Gasteiger partial charge < -0.3 is 5.11 Å². The molecule has 0 fully saturated rings. The second-order valence-electron chi connectivity index (χ2n) is 8.50. The van der Waals surface area contributed by atoms with E-state index in [0.717, 1.165) is 36.7 Å². The summed E-state index contributed by atoms with van der Waals surface area (Å²) in [4.78, 5) is 16.3. The third kappa shape index (κ3) is 6.99. The Hall–Kier alpha value is -3.03. The number of rotatable bonds is 13. The van der Waals surface area contributed by atoms with Crippen LogP contribution in [0.3, 0.4) is 0 Å². The molecule has 1 aromatic heterocycles. The van der Waals surface area contributed by atoms with Crippen molar-refractivity contribution in [2.75, 3.05) is 6.54 Å². The standard InChI is InChI=1S/C25H35N5O4S/c1-6-9-13-19(8-3)17-27-35(33,34)21-15-12-11-14-20(21)28-29-23-18(4)22(26-5)24(31)30(25(23)32)16-10-7-2/h11-12,14-15,19,27,31H,6-10,13,16-17H2,1-4H3. The summed E-state index contributed by atoms with van der Waals surface area (Å²) >= 11 is 0. The van der Waals surface area contributed by atoms with Crippen LogP contribution >= 0.6 is 0 Å². The number of aromatic nitrogens is 1. The average molecular weight is 502 g/mol. The quantitative estimate of drug-likeness (QED) is 0.254. The fourth-order valence-electron chi connectivity index (χ4n) is 3.69. The van der Waals surface area contributed by atoms with Crippen molar-refractivity contribution in [1.29, 1.82) is 0 Å². The Morgan fingerprint density at radius 3 is 2.46 bits per heavy atom. The second kappa shape index (κ2) is 13.2. The zero-order valence-corrected chi connectivity index (χ0v) is 21.7. The van der Waals surface area contributed by atoms with Crippen LogP contribution in [0, 0.1) is 19.4 Å². The van der Waals surface area contributed by atoms with Gasteiger partial charge >= 0.3 is 0 Å². The largest absolute Gasteiger partial charge is 0.503 e. The molecule has 1 atom stereocenters. The van der Waals surface area contributed by atoms with E-state index in [4.69, 9.17) is 6.57 Å². The van der Waals surface area contributed by atoms with Gasteiger partial charge in [0.1, 0.15) is 16.3 Å². The highest BCUT2D eigenvalue weighted by atomic mass is 32.2. The summed E-state index contributed by atoms with van der Waals surface area (Å²) in [6.45, 7) is 15.6. The van der Waals surface area contributed by atoms with Gasteiger partial charge in [-0.3, -0.25) is 9.36 Å². The number of nitrogens with one attached hydrogen (secondary N) is 1. The van der Waals surface area contributed by atoms with Crippen LogP contribution in [-0.4, -0.2) is 24.6 Å². The summed E-state index contributed by atoms with van der Waals surface area (Å²) in [5.41, 5.74) is -0.479. The van der Waals surface area contributed by atoms with Crippen LogP contribution in [0.4, 0.5) is 17.1 Å². The van der Waals surface area contributed by atoms with Crippen molar-refractivity contribution in [1.82, 2.24) is 9.29 Å². The molecule has 190 valence electrons. The molecule has 35 heavy (non-hydrogen) atoms. The van der Waals surface area contributed by atoms with E-state index < -0.39 is 21.5 Å². The molecule has 10 heteroatoms. The number of unbranched alkanes of at least 4 members (excludes halogenated alkanes) is 2. The molecule has 1 heterocycles. The van der Waals surface area contributed by atoms with Gasteiger partial charge in [-0.05, 0) is 43.4 Å². The molecule has 1 unspecified atom stereocenters. The highest BCUT2D eigenvalue weighted by Crippen LogP contribution is 2.35. The Balaban J connectivity index is 2.44. The average Bonchev–Trinajstić information content (AvgIpc) is 2.84. The lowest BCUT2D eigenvalue weighted by molar-refractivity contribution is 0.405. The van der Waals surface area contributed by atoms with E-state index >= 15 is 0 Å². The molecule has 1 aromatic carbocycles. The van der Waals surface area contributed by atoms with Crippen LogP contribution in [0.5, 0.6) is 5.88 Å². The molecular formula is C25H35N5O4S. The van der Waals surface area contributed by atoms with E-state index in [-0.39, 0.29) is 40.0 Å². The predicted octanol–water partition coefficient (Wildman–Crippen LogP) is 6.12. The van der Waals surface area contributed by atoms with Crippen molar-refractivity contribution < 1.29 is 13.5 Å². The monoisotopic (exact) mass is 501 g/mol. The topological polar surface area (TPSA) is 117 Å². The number of hydrogen-bond donors (Lipinski definition) is 2. The molecule has 0 aliphatic carbocycles. The van der Waals surface area contributed by atoms with Gasteiger partial charge in [0.25, 0.3) is 5.56 Å². The number of pyridine rings is 1. The maximum Gasteiger partial charge on any atom is 0.279 e. The van der Waals surface area contributed by atoms with E-state index in [1.807, 2.05) is 13.8 Å². The van der Waals surface area contributed by atoms with E-state index in [0.29, 0.717) is 13.0 Å². The smallest absolute Gasteiger partial charge is 0.279 e. The van der Waals surface area contributed by atoms with Crippen molar-refractivity contribution in [2.45, 2.75) is 77.7 Å². The van der Waals surface area contributed by atoms with E-state index in [1.54, 1.807) is 12.1 Å². The van der Waals surface area contributed by atoms with Crippen molar-refractivity contribution >= 4 is 27.1 Å². The second-order valence-corrected chi connectivity index (χ2v) is 10.2. The summed E-state index contributed by atoms with van der Waals surface area (Å²) in [5.74, 6) is -0.151. The lowest BCUT2D eigenvalue weighted by Crippen LogP contribution is -2.29. The van der Waals surface area contributed by atoms with Gasteiger partial charge in [0.05, 0.1) is 6.57 Å². The number of hydrogen-bond acceptors (Lipinski definition) is 6. The third-order valence-corrected chi connectivity index (χ3v) is 7.46. The van der Waals surface area contributed by atoms with Crippen LogP contribution in [0.15, 0.2) is 44.2 Å². The minimum absolute atomic E-state index is 0.0396. The van der Waals surface area contributed by atoms with Gasteiger partial charge in [-0.1, -0.05) is 58.6 Å². The van der Waals surface area contributed by atoms with Gasteiger partial charge in [0.2, 0.25) is 15.7 Å². The number of sulfonamides is 1. The Morgan fingerprint density at radius 1 is 1.14 bits per heavy atom. The number of azo groups is 1. The highest BCUT2D eigenvalue weighted by molar-refractivity contribution is 7.89. The summed E-state index contributed by atoms with van der Waals surface area (Å²) in [5, 5.41) is 18.6. The maximum atomic E-state index is 13.1. The minimum Gasteiger partial charge on any atom is -0.503 e. The zero-order chi connectivity index (χ0) is 26.0. The molecule has 2 N–H and O–H groups in total. The van der Waals surface area contributed by atoms with Crippen LogP contribution in [0.1, 0.15) is 64.9 Å². The minimum atomic E-state index is -3.86. The fourth-order valence-corrected chi connectivity index (χ4v) is 4.94. The van der Waals surface area contributed by atoms with Crippen LogP contribution in [0.2, 0.25) is 0 Å². The Bertz CT molecular complexity index is 1250. The summed E-state index contributed by atoms with van der Waals surface area (Å²) in [7, 11) is -3.86. The van der Waals surface area contributed by atoms with Crippen molar-refractivity contribution in [3.8, 4) is 5.88 Å². The van der Waals surface area contributed by atoms with Crippen molar-refractivity contribution in [2.24, 2.45) is 16.1 Å². The lowest BCUT2D eigenvalue weighted by Gasteiger charge is -2.16. The molecule has 2 rings (SSSR count). The Labute approximate surface area is 207 Å². The molecule has 0 aliphatic rings. The molecule has 9 nitrogen and oxygen atoms in total. The number of benzene rings is 1. The van der Waals surface area contributed by atoms with Gasteiger partial charge in [-0.2, -0.15) is 0 Å². The number of nitrogens with zero attached hydrogens (tertiary/aromatic N) is 4. The molecular weight excluding hydrogens is 466 g/mol. The van der Waals surface area contributed by atoms with Gasteiger partial charge in [0.15, 0.2) is 5.88 Å². The molecule has 0 saturated carbocycles. The molecule has 0 saturated heterocycles. The highest BCUT2D eigenvalue weighted by Gasteiger charge is 2.21. The summed E-state index contributed by atoms with van der Waals surface area (Å²) < 4.78 is 29.9. The molecule has 0 amide bonds. The van der Waals surface area contributed by atoms with Crippen LogP contribution in [-0.2, 0) is 16.6 Å². The van der Waals surface area contributed by atoms with E-state index in [1.165, 1.54) is 19.1 Å². The maximum absolute atomic E-state index is 13.1. The van der Waals surface area contributed by atoms with Gasteiger partial charge in [-0.25, -0.2) is 18.0 Å². The first-order valence-corrected chi connectivity index (χ1v) is 13.5. The first-order valence-electron chi connectivity index (χ1n) is 12.1. The van der Waals surface area contributed by atoms with Crippen LogP contribution < -0.4 is 10.3 Å². The van der Waals surface area contributed by atoms with E-state index in [9.17, 15) is 18.3 Å². The summed E-state index contributed by atoms with van der Waals surface area (Å²) in [6.07, 6.45) is 5.34. The van der Waals surface area contributed by atoms with Crippen LogP contribution in [0.25, 0.3) is 4.85 Å². The first-order chi connectivity index (χ1) is 16.7. The third-order valence-electron chi connectivity index (χ3n) is 5.99. The normalized spacial score (nSPS) is 12.7. The predicted molar refractivity (Wildman–Crippen MR) is 137 cm³/mol. The molecule has 0 bridgehead atoms. The van der Waals surface area contributed by atoms with Crippen molar-refractivity contribution in [3.63, 3.8) is 0 Å². The fraction of sp³-hybridized carbons (Fsp3) is 0.520. The van der Waals surface area contributed by atoms with Gasteiger partial charge in [0, 0.05) is 13.1 Å². The molecule has 2 aromatic rings. The number of aromatic hydroxyl groups is 1. The Kier molecular flexibility index (Phi) is 10.6. The summed E-state index contributed by atoms with van der Waals surface area (Å²) in [6, 6.07) is 6.19. The van der Waals surface area contributed by atoms with E-state index in [2.05, 4.69) is 26.7 Å². The molecule has 0 aliphatic heterocycles. The lowest BCUT2D eigenvalue weighted by atomic mass is 10.00. The van der Waals surface area contributed by atoms with Crippen molar-refractivity contribution in [3.05, 3.63) is 51.6 Å². The zero-order valence-electron chi connectivity index (χ0n) is 20.9. The Morgan fingerprint density at radius 2 is 1.83 bits per heavy atom. The molecule has 0 spiro atoms.